The van der Waals surface area contributed by atoms with Gasteiger partial charge in [-0.25, -0.2) is 9.97 Å². The molecule has 2 atom stereocenters. The number of anilines is 4. The monoisotopic (exact) mass is 568 g/mol. The number of morpholine rings is 1. The lowest BCUT2D eigenvalue weighted by Gasteiger charge is -2.27. The molecule has 0 aromatic carbocycles. The molecular formula is C26H30N7O4S2+. The van der Waals surface area contributed by atoms with Crippen LogP contribution in [0.5, 0.6) is 0 Å². The van der Waals surface area contributed by atoms with Crippen LogP contribution in [0.15, 0.2) is 39.9 Å². The molecule has 13 heteroatoms. The van der Waals surface area contributed by atoms with Crippen molar-refractivity contribution in [1.82, 2.24) is 9.97 Å². The number of furan rings is 1. The van der Waals surface area contributed by atoms with E-state index in [0.717, 1.165) is 47.6 Å². The Kier molecular flexibility index (Phi) is 7.21. The van der Waals surface area contributed by atoms with E-state index >= 15 is 0 Å². The van der Waals surface area contributed by atoms with Crippen molar-refractivity contribution in [2.24, 2.45) is 5.73 Å². The number of carbonyl (C=O) groups excluding carboxylic acids is 1. The molecule has 1 aliphatic heterocycles. The molecule has 1 amide bonds. The van der Waals surface area contributed by atoms with Crippen molar-refractivity contribution in [2.45, 2.75) is 37.8 Å². The number of nitrogens with one attached hydrogen (secondary N) is 2. The number of quaternary nitrogens is 1. The van der Waals surface area contributed by atoms with Crippen LogP contribution in [0.3, 0.4) is 0 Å². The zero-order valence-electron chi connectivity index (χ0n) is 21.3. The third-order valence-electron chi connectivity index (χ3n) is 7.13. The van der Waals surface area contributed by atoms with Crippen LogP contribution in [-0.4, -0.2) is 54.3 Å². The molecule has 6 rings (SSSR count). The van der Waals surface area contributed by atoms with Crippen LogP contribution < -0.4 is 32.4 Å². The van der Waals surface area contributed by atoms with Crippen molar-refractivity contribution < 1.29 is 19.7 Å². The molecule has 7 N–H and O–H groups in total. The Morgan fingerprint density at radius 1 is 1.18 bits per heavy atom. The fourth-order valence-corrected chi connectivity index (χ4v) is 7.09. The molecule has 204 valence electrons. The minimum Gasteiger partial charge on any atom is -0.459 e. The number of pyridine rings is 1. The highest BCUT2D eigenvalue weighted by Crippen LogP contribution is 2.39. The molecule has 1 saturated heterocycles. The van der Waals surface area contributed by atoms with Crippen LogP contribution in [0.25, 0.3) is 20.9 Å². The summed E-state index contributed by atoms with van der Waals surface area (Å²) in [7, 11) is 0. The van der Waals surface area contributed by atoms with Crippen LogP contribution in [0.2, 0.25) is 0 Å². The van der Waals surface area contributed by atoms with E-state index in [9.17, 15) is 9.59 Å². The van der Waals surface area contributed by atoms with Gasteiger partial charge in [0.2, 0.25) is 5.43 Å². The second-order valence-electron chi connectivity index (χ2n) is 9.76. The second-order valence-corrected chi connectivity index (χ2v) is 11.8. The van der Waals surface area contributed by atoms with Gasteiger partial charge in [0.15, 0.2) is 5.58 Å². The van der Waals surface area contributed by atoms with Gasteiger partial charge in [-0.15, -0.1) is 11.3 Å². The van der Waals surface area contributed by atoms with Gasteiger partial charge in [0.05, 0.1) is 46.3 Å². The van der Waals surface area contributed by atoms with Crippen molar-refractivity contribution in [3.8, 4) is 10.6 Å². The van der Waals surface area contributed by atoms with Crippen molar-refractivity contribution >= 4 is 60.5 Å². The Morgan fingerprint density at radius 2 is 2.00 bits per heavy atom. The van der Waals surface area contributed by atoms with E-state index < -0.39 is 5.91 Å². The summed E-state index contributed by atoms with van der Waals surface area (Å²) in [6, 6.07) is 5.62. The average Bonchev–Trinajstić information content (AvgIpc) is 3.58. The van der Waals surface area contributed by atoms with Gasteiger partial charge >= 0.3 is 0 Å². The molecule has 0 spiro atoms. The van der Waals surface area contributed by atoms with Crippen molar-refractivity contribution in [3.05, 3.63) is 46.4 Å². The fourth-order valence-electron chi connectivity index (χ4n) is 5.01. The van der Waals surface area contributed by atoms with Gasteiger partial charge < -0.3 is 36.2 Å². The van der Waals surface area contributed by atoms with Crippen LogP contribution in [0.4, 0.5) is 21.6 Å². The predicted octanol–water partition coefficient (Wildman–Crippen LogP) is 3.02. The van der Waals surface area contributed by atoms with E-state index in [4.69, 9.17) is 14.9 Å². The number of ether oxygens (including phenoxy) is 1. The third kappa shape index (κ3) is 5.35. The summed E-state index contributed by atoms with van der Waals surface area (Å²) in [5, 5.41) is 8.95. The number of primary amides is 1. The summed E-state index contributed by atoms with van der Waals surface area (Å²) in [4.78, 5) is 36.3. The van der Waals surface area contributed by atoms with Crippen molar-refractivity contribution in [3.63, 3.8) is 0 Å². The summed E-state index contributed by atoms with van der Waals surface area (Å²) in [5.74, 6) is 0.444. The lowest BCUT2D eigenvalue weighted by molar-refractivity contribution is -0.427. The number of amides is 1. The Morgan fingerprint density at radius 3 is 2.79 bits per heavy atom. The number of hydrogen-bond donors (Lipinski definition) is 4. The highest BCUT2D eigenvalue weighted by Gasteiger charge is 2.25. The third-order valence-corrected chi connectivity index (χ3v) is 9.27. The van der Waals surface area contributed by atoms with Crippen LogP contribution in [0, 0.1) is 0 Å². The molecule has 2 fully saturated rings. The largest absolute Gasteiger partial charge is 0.459 e. The molecular weight excluding hydrogens is 538 g/mol. The maximum atomic E-state index is 12.8. The Bertz CT molecular complexity index is 1560. The maximum absolute atomic E-state index is 12.8. The summed E-state index contributed by atoms with van der Waals surface area (Å²) in [6.45, 7) is 2.74. The summed E-state index contributed by atoms with van der Waals surface area (Å²) in [5.41, 5.74) is 11.1. The van der Waals surface area contributed by atoms with Crippen molar-refractivity contribution in [2.75, 3.05) is 41.8 Å². The van der Waals surface area contributed by atoms with Gasteiger partial charge in [-0.1, -0.05) is 17.8 Å². The topological polar surface area (TPSA) is 163 Å². The molecule has 4 aromatic heterocycles. The van der Waals surface area contributed by atoms with Gasteiger partial charge in [0.1, 0.15) is 33.9 Å². The second kappa shape index (κ2) is 10.9. The molecule has 11 nitrogen and oxygen atoms in total. The molecule has 0 radical (unpaired) electrons. The van der Waals surface area contributed by atoms with Crippen LogP contribution in [-0.2, 0) is 4.74 Å². The lowest BCUT2D eigenvalue weighted by Crippen LogP contribution is -2.68. The molecule has 2 aliphatic rings. The first-order valence-corrected chi connectivity index (χ1v) is 14.6. The zero-order valence-corrected chi connectivity index (χ0v) is 22.9. The molecule has 39 heavy (non-hydrogen) atoms. The summed E-state index contributed by atoms with van der Waals surface area (Å²) < 4.78 is 11.9. The molecule has 0 unspecified atom stereocenters. The first-order valence-electron chi connectivity index (χ1n) is 13.0. The lowest BCUT2D eigenvalue weighted by atomic mass is 9.91. The number of hydrogen-bond acceptors (Lipinski definition) is 11. The van der Waals surface area contributed by atoms with E-state index in [1.807, 2.05) is 0 Å². The Balaban J connectivity index is 1.28. The minimum absolute atomic E-state index is 0.159. The summed E-state index contributed by atoms with van der Waals surface area (Å²) in [6.07, 6.45) is 7.71. The first-order chi connectivity index (χ1) is 19.0. The standard InChI is InChI=1S/C26H29N7O4S2/c27-16-3-1-2-4-17(16)30-19-6-5-14(24(28)35)25(31-19)32-20-12-29-26(38-20)15-13-37-22-18(34)11-21(39-23(15)22)33-7-9-36-10-8-33/h5-6,11-13,16-17H,1-4,7-10,27H2,(H2,28,35)(H2,30,31,32)/p+1/t16-,17+/m1/s1. The highest BCUT2D eigenvalue weighted by molar-refractivity contribution is 7.23. The van der Waals surface area contributed by atoms with Crippen LogP contribution >= 0.6 is 22.7 Å². The highest BCUT2D eigenvalue weighted by atomic mass is 32.1. The van der Waals surface area contributed by atoms with Gasteiger partial charge in [-0.3, -0.25) is 9.59 Å². The van der Waals surface area contributed by atoms with E-state index in [2.05, 4.69) is 31.2 Å². The summed E-state index contributed by atoms with van der Waals surface area (Å²) >= 11 is 2.89. The molecule has 1 aliphatic carbocycles. The van der Waals surface area contributed by atoms with Gasteiger partial charge in [0, 0.05) is 25.6 Å². The predicted molar refractivity (Wildman–Crippen MR) is 153 cm³/mol. The maximum Gasteiger partial charge on any atom is 0.252 e. The van der Waals surface area contributed by atoms with Gasteiger partial charge in [-0.05, 0) is 25.0 Å². The van der Waals surface area contributed by atoms with E-state index in [-0.39, 0.29) is 17.0 Å². The molecule has 1 saturated carbocycles. The smallest absolute Gasteiger partial charge is 0.252 e. The Labute approximate surface area is 232 Å². The first kappa shape index (κ1) is 25.7. The normalized spacial score (nSPS) is 19.8. The van der Waals surface area contributed by atoms with E-state index in [1.165, 1.54) is 29.1 Å². The van der Waals surface area contributed by atoms with E-state index in [1.54, 1.807) is 30.7 Å². The van der Waals surface area contributed by atoms with E-state index in [0.29, 0.717) is 46.5 Å². The number of fused-ring (bicyclic) bond motifs is 1. The SMILES string of the molecule is NC(=O)c1ccc(N[C@H]2CCCC[C@H]2[NH3+])nc1Nc1cnc(-c2coc3c(=O)cc(N4CCOCC4)sc23)s1. The van der Waals surface area contributed by atoms with Gasteiger partial charge in [0.25, 0.3) is 5.91 Å². The number of nitrogens with zero attached hydrogens (tertiary/aromatic N) is 3. The zero-order chi connectivity index (χ0) is 26.9. The number of thiazole rings is 1. The van der Waals surface area contributed by atoms with Gasteiger partial charge in [-0.2, -0.15) is 0 Å². The molecule has 5 heterocycles. The molecule has 4 aromatic rings. The van der Waals surface area contributed by atoms with Crippen molar-refractivity contribution in [1.29, 1.82) is 0 Å². The number of carbonyl (C=O) groups is 1. The van der Waals surface area contributed by atoms with Crippen LogP contribution in [0.1, 0.15) is 36.0 Å². The molecule has 0 bridgehead atoms. The average molecular weight is 569 g/mol. The fraction of sp³-hybridized carbons (Fsp3) is 0.385. The Hall–Kier alpha value is -3.52. The number of rotatable bonds is 7. The quantitative estimate of drug-likeness (QED) is 0.262. The number of nitrogens with two attached hydrogens (primary N) is 1. The minimum atomic E-state index is -0.574. The number of aromatic nitrogens is 2.